The number of benzene rings is 1. The van der Waals surface area contributed by atoms with Crippen molar-refractivity contribution in [3.8, 4) is 0 Å². The first kappa shape index (κ1) is 22.2. The average Bonchev–Trinajstić information content (AvgIpc) is 2.58. The third kappa shape index (κ3) is 7.94. The predicted molar refractivity (Wildman–Crippen MR) is 119 cm³/mol. The Kier molecular flexibility index (Phi) is 10.4. The molecule has 0 amide bonds. The third-order valence-corrected chi connectivity index (χ3v) is 4.87. The molecular formula is C20H35IN4. The van der Waals surface area contributed by atoms with Gasteiger partial charge in [0.1, 0.15) is 0 Å². The molecule has 1 aliphatic heterocycles. The van der Waals surface area contributed by atoms with E-state index in [1.807, 2.05) is 0 Å². The monoisotopic (exact) mass is 458 g/mol. The van der Waals surface area contributed by atoms with E-state index in [0.29, 0.717) is 0 Å². The second-order valence-electron chi connectivity index (χ2n) is 7.11. The molecule has 1 saturated heterocycles. The number of nitrogens with zero attached hydrogens (tertiary/aromatic N) is 3. The standard InChI is InChI=1S/C20H34N4.HI/c1-5-21-20(22-13-10-18-11-14-23(3)15-12-18)24(4)16-19-8-6-17(2)7-9-19;/h6-9,18H,5,10-16H2,1-4H3,(H,21,22);1H. The summed E-state index contributed by atoms with van der Waals surface area (Å²) in [6.07, 6.45) is 3.85. The summed E-state index contributed by atoms with van der Waals surface area (Å²) >= 11 is 0. The highest BCUT2D eigenvalue weighted by molar-refractivity contribution is 14.0. The van der Waals surface area contributed by atoms with Crippen LogP contribution in [0.15, 0.2) is 29.3 Å². The van der Waals surface area contributed by atoms with E-state index in [1.54, 1.807) is 0 Å². The second kappa shape index (κ2) is 11.7. The quantitative estimate of drug-likeness (QED) is 0.400. The molecule has 0 saturated carbocycles. The van der Waals surface area contributed by atoms with E-state index in [4.69, 9.17) is 4.99 Å². The lowest BCUT2D eigenvalue weighted by Crippen LogP contribution is -2.38. The first-order chi connectivity index (χ1) is 11.6. The van der Waals surface area contributed by atoms with Gasteiger partial charge in [-0.3, -0.25) is 4.99 Å². The maximum absolute atomic E-state index is 4.86. The normalized spacial score (nSPS) is 16.4. The lowest BCUT2D eigenvalue weighted by molar-refractivity contribution is 0.214. The molecule has 0 atom stereocenters. The van der Waals surface area contributed by atoms with Gasteiger partial charge in [-0.15, -0.1) is 24.0 Å². The number of halogens is 1. The Morgan fingerprint density at radius 3 is 2.48 bits per heavy atom. The summed E-state index contributed by atoms with van der Waals surface area (Å²) in [7, 11) is 4.34. The Morgan fingerprint density at radius 2 is 1.88 bits per heavy atom. The fraction of sp³-hybridized carbons (Fsp3) is 0.650. The van der Waals surface area contributed by atoms with Crippen molar-refractivity contribution in [3.63, 3.8) is 0 Å². The van der Waals surface area contributed by atoms with E-state index in [1.165, 1.54) is 43.5 Å². The van der Waals surface area contributed by atoms with Crippen molar-refractivity contribution in [1.82, 2.24) is 15.1 Å². The first-order valence-electron chi connectivity index (χ1n) is 9.32. The minimum atomic E-state index is 0. The highest BCUT2D eigenvalue weighted by Gasteiger charge is 2.16. The van der Waals surface area contributed by atoms with Crippen molar-refractivity contribution in [1.29, 1.82) is 0 Å². The average molecular weight is 458 g/mol. The zero-order valence-corrected chi connectivity index (χ0v) is 18.6. The van der Waals surface area contributed by atoms with Gasteiger partial charge in [-0.05, 0) is 64.7 Å². The van der Waals surface area contributed by atoms with Gasteiger partial charge in [0, 0.05) is 26.7 Å². The van der Waals surface area contributed by atoms with Crippen molar-refractivity contribution >= 4 is 29.9 Å². The van der Waals surface area contributed by atoms with Gasteiger partial charge >= 0.3 is 0 Å². The lowest BCUT2D eigenvalue weighted by Gasteiger charge is -2.28. The van der Waals surface area contributed by atoms with E-state index in [2.05, 4.69) is 67.3 Å². The maximum atomic E-state index is 4.86. The van der Waals surface area contributed by atoms with Crippen LogP contribution in [0, 0.1) is 12.8 Å². The van der Waals surface area contributed by atoms with Gasteiger partial charge in [0.05, 0.1) is 0 Å². The van der Waals surface area contributed by atoms with Crippen LogP contribution in [0.5, 0.6) is 0 Å². The van der Waals surface area contributed by atoms with Gasteiger partial charge < -0.3 is 15.1 Å². The number of likely N-dealkylation sites (tertiary alicyclic amines) is 1. The topological polar surface area (TPSA) is 30.9 Å². The lowest BCUT2D eigenvalue weighted by atomic mass is 9.94. The molecule has 1 N–H and O–H groups in total. The van der Waals surface area contributed by atoms with Gasteiger partial charge in [0.25, 0.3) is 0 Å². The van der Waals surface area contributed by atoms with Gasteiger partial charge in [-0.1, -0.05) is 29.8 Å². The maximum Gasteiger partial charge on any atom is 0.193 e. The molecule has 1 fully saturated rings. The molecule has 1 aromatic carbocycles. The van der Waals surface area contributed by atoms with Crippen LogP contribution in [0.2, 0.25) is 0 Å². The number of nitrogens with one attached hydrogen (secondary N) is 1. The molecule has 0 radical (unpaired) electrons. The Balaban J connectivity index is 0.00000312. The number of piperidine rings is 1. The molecular weight excluding hydrogens is 423 g/mol. The van der Waals surface area contributed by atoms with Gasteiger partial charge in [0.15, 0.2) is 5.96 Å². The van der Waals surface area contributed by atoms with E-state index in [9.17, 15) is 0 Å². The van der Waals surface area contributed by atoms with Gasteiger partial charge in [0.2, 0.25) is 0 Å². The zero-order valence-electron chi connectivity index (χ0n) is 16.3. The number of rotatable bonds is 6. The first-order valence-corrected chi connectivity index (χ1v) is 9.32. The van der Waals surface area contributed by atoms with Crippen molar-refractivity contribution in [2.75, 3.05) is 40.3 Å². The van der Waals surface area contributed by atoms with Crippen LogP contribution < -0.4 is 5.32 Å². The molecule has 0 spiro atoms. The SMILES string of the molecule is CCNC(=NCCC1CCN(C)CC1)N(C)Cc1ccc(C)cc1.I. The third-order valence-electron chi connectivity index (χ3n) is 4.87. The Bertz CT molecular complexity index is 507. The fourth-order valence-corrected chi connectivity index (χ4v) is 3.22. The highest BCUT2D eigenvalue weighted by atomic mass is 127. The van der Waals surface area contributed by atoms with Crippen LogP contribution >= 0.6 is 24.0 Å². The summed E-state index contributed by atoms with van der Waals surface area (Å²) < 4.78 is 0. The molecule has 2 rings (SSSR count). The van der Waals surface area contributed by atoms with E-state index >= 15 is 0 Å². The van der Waals surface area contributed by atoms with Gasteiger partial charge in [-0.2, -0.15) is 0 Å². The summed E-state index contributed by atoms with van der Waals surface area (Å²) in [5.41, 5.74) is 2.63. The molecule has 142 valence electrons. The number of guanidine groups is 1. The van der Waals surface area contributed by atoms with Crippen molar-refractivity contribution < 1.29 is 0 Å². The summed E-state index contributed by atoms with van der Waals surface area (Å²) in [6, 6.07) is 8.75. The second-order valence-corrected chi connectivity index (χ2v) is 7.11. The van der Waals surface area contributed by atoms with E-state index in [-0.39, 0.29) is 24.0 Å². The molecule has 25 heavy (non-hydrogen) atoms. The summed E-state index contributed by atoms with van der Waals surface area (Å²) in [6.45, 7) is 9.46. The molecule has 0 aromatic heterocycles. The Labute approximate surface area is 171 Å². The van der Waals surface area contributed by atoms with E-state index < -0.39 is 0 Å². The molecule has 0 aliphatic carbocycles. The van der Waals surface area contributed by atoms with Crippen LogP contribution in [-0.2, 0) is 6.54 Å². The van der Waals surface area contributed by atoms with Crippen LogP contribution in [0.4, 0.5) is 0 Å². The van der Waals surface area contributed by atoms with Crippen LogP contribution in [0.25, 0.3) is 0 Å². The van der Waals surface area contributed by atoms with Crippen LogP contribution in [-0.4, -0.2) is 56.0 Å². The van der Waals surface area contributed by atoms with Crippen LogP contribution in [0.3, 0.4) is 0 Å². The Morgan fingerprint density at radius 1 is 1.24 bits per heavy atom. The number of aryl methyl sites for hydroxylation is 1. The number of aliphatic imine (C=N–C) groups is 1. The highest BCUT2D eigenvalue weighted by Crippen LogP contribution is 2.19. The molecule has 1 aliphatic rings. The molecule has 1 heterocycles. The molecule has 4 nitrogen and oxygen atoms in total. The molecule has 0 bridgehead atoms. The van der Waals surface area contributed by atoms with Crippen molar-refractivity contribution in [2.24, 2.45) is 10.9 Å². The summed E-state index contributed by atoms with van der Waals surface area (Å²) in [5.74, 6) is 1.86. The minimum Gasteiger partial charge on any atom is -0.357 e. The fourth-order valence-electron chi connectivity index (χ4n) is 3.22. The molecule has 1 aromatic rings. The Hall–Kier alpha value is -0.820. The predicted octanol–water partition coefficient (Wildman–Crippen LogP) is 3.74. The number of hydrogen-bond acceptors (Lipinski definition) is 2. The van der Waals surface area contributed by atoms with Gasteiger partial charge in [-0.25, -0.2) is 0 Å². The largest absolute Gasteiger partial charge is 0.357 e. The summed E-state index contributed by atoms with van der Waals surface area (Å²) in [5, 5.41) is 3.43. The van der Waals surface area contributed by atoms with Crippen molar-refractivity contribution in [2.45, 2.75) is 39.7 Å². The smallest absolute Gasteiger partial charge is 0.193 e. The molecule has 5 heteroatoms. The van der Waals surface area contributed by atoms with Crippen molar-refractivity contribution in [3.05, 3.63) is 35.4 Å². The molecule has 0 unspecified atom stereocenters. The minimum absolute atomic E-state index is 0. The van der Waals surface area contributed by atoms with E-state index in [0.717, 1.165) is 31.5 Å². The zero-order chi connectivity index (χ0) is 17.4. The number of hydrogen-bond donors (Lipinski definition) is 1. The summed E-state index contributed by atoms with van der Waals surface area (Å²) in [4.78, 5) is 9.51. The van der Waals surface area contributed by atoms with Crippen LogP contribution in [0.1, 0.15) is 37.3 Å².